The maximum atomic E-state index is 5.08. The molecule has 0 aromatic carbocycles. The molecule has 0 bridgehead atoms. The van der Waals surface area contributed by atoms with E-state index in [1.54, 1.807) is 18.4 Å². The fourth-order valence-corrected chi connectivity index (χ4v) is 2.81. The van der Waals surface area contributed by atoms with Crippen LogP contribution in [0.1, 0.15) is 10.6 Å². The van der Waals surface area contributed by atoms with Gasteiger partial charge in [-0.2, -0.15) is 0 Å². The summed E-state index contributed by atoms with van der Waals surface area (Å²) >= 11 is 5.31. The van der Waals surface area contributed by atoms with Crippen molar-refractivity contribution < 1.29 is 4.74 Å². The zero-order valence-corrected chi connectivity index (χ0v) is 12.0. The molecule has 1 aromatic heterocycles. The number of rotatable bonds is 5. The number of ether oxygens (including phenoxy) is 1. The van der Waals surface area contributed by atoms with Crippen LogP contribution < -0.4 is 4.90 Å². The SMILES string of the molecule is COCC(Br)CN(C)c1nc(C)c(C)s1. The second-order valence-electron chi connectivity index (χ2n) is 3.57. The lowest BCUT2D eigenvalue weighted by Gasteiger charge is -2.19. The summed E-state index contributed by atoms with van der Waals surface area (Å²) in [4.78, 5) is 8.29. The highest BCUT2D eigenvalue weighted by Crippen LogP contribution is 2.24. The van der Waals surface area contributed by atoms with Gasteiger partial charge in [0.1, 0.15) is 0 Å². The van der Waals surface area contributed by atoms with Crippen LogP contribution in [0, 0.1) is 13.8 Å². The van der Waals surface area contributed by atoms with Crippen LogP contribution in [0.4, 0.5) is 5.13 Å². The lowest BCUT2D eigenvalue weighted by Crippen LogP contribution is -2.28. The van der Waals surface area contributed by atoms with E-state index in [1.807, 2.05) is 6.92 Å². The molecule has 0 aliphatic rings. The molecule has 1 rings (SSSR count). The number of hydrogen-bond acceptors (Lipinski definition) is 4. The van der Waals surface area contributed by atoms with Crippen molar-refractivity contribution in [1.82, 2.24) is 4.98 Å². The smallest absolute Gasteiger partial charge is 0.185 e. The number of halogens is 1. The Bertz CT molecular complexity index is 297. The molecule has 0 saturated heterocycles. The van der Waals surface area contributed by atoms with Gasteiger partial charge in [0, 0.05) is 25.6 Å². The summed E-state index contributed by atoms with van der Waals surface area (Å²) in [6.45, 7) is 5.77. The van der Waals surface area contributed by atoms with E-state index >= 15 is 0 Å². The Morgan fingerprint density at radius 2 is 2.20 bits per heavy atom. The molecule has 0 aliphatic heterocycles. The molecule has 86 valence electrons. The van der Waals surface area contributed by atoms with Gasteiger partial charge in [0.05, 0.1) is 17.1 Å². The van der Waals surface area contributed by atoms with Gasteiger partial charge in [-0.15, -0.1) is 11.3 Å². The molecule has 3 nitrogen and oxygen atoms in total. The van der Waals surface area contributed by atoms with E-state index in [4.69, 9.17) is 4.74 Å². The minimum absolute atomic E-state index is 0.344. The molecule has 1 heterocycles. The van der Waals surface area contributed by atoms with Crippen molar-refractivity contribution in [2.24, 2.45) is 0 Å². The normalized spacial score (nSPS) is 12.9. The Hall–Kier alpha value is -0.130. The van der Waals surface area contributed by atoms with Crippen molar-refractivity contribution in [2.45, 2.75) is 18.7 Å². The van der Waals surface area contributed by atoms with Crippen LogP contribution >= 0.6 is 27.3 Å². The predicted octanol–water partition coefficient (Wildman–Crippen LogP) is 2.61. The van der Waals surface area contributed by atoms with Crippen molar-refractivity contribution in [3.8, 4) is 0 Å². The summed E-state index contributed by atoms with van der Waals surface area (Å²) in [6, 6.07) is 0. The zero-order valence-electron chi connectivity index (χ0n) is 9.58. The molecule has 0 fully saturated rings. The van der Waals surface area contributed by atoms with E-state index in [9.17, 15) is 0 Å². The van der Waals surface area contributed by atoms with Gasteiger partial charge in [-0.3, -0.25) is 0 Å². The highest BCUT2D eigenvalue weighted by atomic mass is 79.9. The molecule has 5 heteroatoms. The molecule has 0 aliphatic carbocycles. The van der Waals surface area contributed by atoms with Crippen molar-refractivity contribution in [1.29, 1.82) is 0 Å². The van der Waals surface area contributed by atoms with Crippen LogP contribution in [0.15, 0.2) is 0 Å². The molecule has 0 saturated carbocycles. The maximum absolute atomic E-state index is 5.08. The Balaban J connectivity index is 2.56. The van der Waals surface area contributed by atoms with Gasteiger partial charge >= 0.3 is 0 Å². The third kappa shape index (κ3) is 3.74. The number of methoxy groups -OCH3 is 1. The molecule has 1 atom stereocenters. The second kappa shape index (κ2) is 5.82. The first-order valence-electron chi connectivity index (χ1n) is 4.82. The van der Waals surface area contributed by atoms with Gasteiger partial charge in [-0.1, -0.05) is 15.9 Å². The summed E-state index contributed by atoms with van der Waals surface area (Å²) < 4.78 is 5.08. The van der Waals surface area contributed by atoms with Crippen molar-refractivity contribution in [2.75, 3.05) is 32.2 Å². The lowest BCUT2D eigenvalue weighted by molar-refractivity contribution is 0.202. The number of hydrogen-bond donors (Lipinski definition) is 0. The largest absolute Gasteiger partial charge is 0.383 e. The molecular weight excluding hydrogens is 276 g/mol. The number of anilines is 1. The molecular formula is C10H17BrN2OS. The van der Waals surface area contributed by atoms with Gasteiger partial charge < -0.3 is 9.64 Å². The maximum Gasteiger partial charge on any atom is 0.185 e. The van der Waals surface area contributed by atoms with Crippen molar-refractivity contribution >= 4 is 32.4 Å². The molecule has 1 unspecified atom stereocenters. The third-order valence-electron chi connectivity index (χ3n) is 2.16. The highest BCUT2D eigenvalue weighted by molar-refractivity contribution is 9.09. The second-order valence-corrected chi connectivity index (χ2v) is 6.05. The van der Waals surface area contributed by atoms with E-state index in [-0.39, 0.29) is 0 Å². The van der Waals surface area contributed by atoms with E-state index in [2.05, 4.69) is 39.8 Å². The third-order valence-corrected chi connectivity index (χ3v) is 3.90. The molecule has 1 aromatic rings. The van der Waals surface area contributed by atoms with Crippen LogP contribution in [0.2, 0.25) is 0 Å². The minimum Gasteiger partial charge on any atom is -0.383 e. The summed E-state index contributed by atoms with van der Waals surface area (Å²) in [6.07, 6.45) is 0. The number of aromatic nitrogens is 1. The summed E-state index contributed by atoms with van der Waals surface area (Å²) in [5, 5.41) is 1.07. The van der Waals surface area contributed by atoms with Gasteiger partial charge in [0.15, 0.2) is 5.13 Å². The average Bonchev–Trinajstić information content (AvgIpc) is 2.47. The fourth-order valence-electron chi connectivity index (χ4n) is 1.23. The van der Waals surface area contributed by atoms with E-state index in [0.29, 0.717) is 11.4 Å². The van der Waals surface area contributed by atoms with Crippen LogP contribution in [0.25, 0.3) is 0 Å². The standard InChI is InChI=1S/C10H17BrN2OS/c1-7-8(2)15-10(12-7)13(3)5-9(11)6-14-4/h9H,5-6H2,1-4H3. The highest BCUT2D eigenvalue weighted by Gasteiger charge is 2.12. The monoisotopic (exact) mass is 292 g/mol. The Morgan fingerprint density at radius 1 is 1.53 bits per heavy atom. The Morgan fingerprint density at radius 3 is 2.67 bits per heavy atom. The molecule has 0 radical (unpaired) electrons. The predicted molar refractivity (Wildman–Crippen MR) is 69.4 cm³/mol. The van der Waals surface area contributed by atoms with Crippen LogP contribution in [-0.2, 0) is 4.74 Å². The molecule has 0 spiro atoms. The quantitative estimate of drug-likeness (QED) is 0.780. The fraction of sp³-hybridized carbons (Fsp3) is 0.700. The topological polar surface area (TPSA) is 25.4 Å². The first-order valence-corrected chi connectivity index (χ1v) is 6.56. The van der Waals surface area contributed by atoms with E-state index in [1.165, 1.54) is 4.88 Å². The van der Waals surface area contributed by atoms with Gasteiger partial charge in [0.2, 0.25) is 0 Å². The molecule has 15 heavy (non-hydrogen) atoms. The number of alkyl halides is 1. The van der Waals surface area contributed by atoms with Crippen molar-refractivity contribution in [3.63, 3.8) is 0 Å². The van der Waals surface area contributed by atoms with Gasteiger partial charge in [-0.25, -0.2) is 4.98 Å². The molecule has 0 N–H and O–H groups in total. The van der Waals surface area contributed by atoms with Crippen LogP contribution in [-0.4, -0.2) is 37.1 Å². The summed E-state index contributed by atoms with van der Waals surface area (Å²) in [5.74, 6) is 0. The van der Waals surface area contributed by atoms with Crippen LogP contribution in [0.3, 0.4) is 0 Å². The van der Waals surface area contributed by atoms with Crippen molar-refractivity contribution in [3.05, 3.63) is 10.6 Å². The number of aryl methyl sites for hydroxylation is 2. The number of nitrogens with zero attached hydrogens (tertiary/aromatic N) is 2. The van der Waals surface area contributed by atoms with E-state index in [0.717, 1.165) is 17.4 Å². The first kappa shape index (κ1) is 12.9. The van der Waals surface area contributed by atoms with Crippen LogP contribution in [0.5, 0.6) is 0 Å². The van der Waals surface area contributed by atoms with E-state index < -0.39 is 0 Å². The number of thiazole rings is 1. The van der Waals surface area contributed by atoms with Gasteiger partial charge in [-0.05, 0) is 13.8 Å². The minimum atomic E-state index is 0.344. The Labute approximate surface area is 104 Å². The van der Waals surface area contributed by atoms with Gasteiger partial charge in [0.25, 0.3) is 0 Å². The first-order chi connectivity index (χ1) is 7.04. The zero-order chi connectivity index (χ0) is 11.4. The Kier molecular flexibility index (Phi) is 5.02. The summed E-state index contributed by atoms with van der Waals surface area (Å²) in [7, 11) is 3.77. The average molecular weight is 293 g/mol. The summed E-state index contributed by atoms with van der Waals surface area (Å²) in [5.41, 5.74) is 1.12. The lowest BCUT2D eigenvalue weighted by atomic mass is 10.4. The molecule has 0 amide bonds.